The van der Waals surface area contributed by atoms with Gasteiger partial charge in [0.05, 0.1) is 7.11 Å². The first kappa shape index (κ1) is 11.3. The molecule has 80 valence electrons. The highest BCUT2D eigenvalue weighted by molar-refractivity contribution is 5.92. The predicted molar refractivity (Wildman–Crippen MR) is 58.1 cm³/mol. The number of benzene rings is 1. The van der Waals surface area contributed by atoms with E-state index in [1.54, 1.807) is 18.2 Å². The number of ether oxygens (including phenoxy) is 2. The maximum absolute atomic E-state index is 11.3. The summed E-state index contributed by atoms with van der Waals surface area (Å²) in [5, 5.41) is 0. The molecule has 0 aliphatic rings. The summed E-state index contributed by atoms with van der Waals surface area (Å²) in [5.41, 5.74) is 0.449. The molecule has 0 unspecified atom stereocenters. The molecule has 1 aromatic carbocycles. The fraction of sp³-hybridized carbons (Fsp3) is 0.250. The lowest BCUT2D eigenvalue weighted by molar-refractivity contribution is 0.0596. The number of para-hydroxylation sites is 1. The third-order valence-corrected chi connectivity index (χ3v) is 1.86. The van der Waals surface area contributed by atoms with Gasteiger partial charge in [-0.15, -0.1) is 0 Å². The highest BCUT2D eigenvalue weighted by Crippen LogP contribution is 2.18. The van der Waals surface area contributed by atoms with E-state index in [0.717, 1.165) is 0 Å². The average Bonchev–Trinajstić information content (AvgIpc) is 2.29. The number of esters is 1. The normalized spacial score (nSPS) is 10.3. The quantitative estimate of drug-likeness (QED) is 0.560. The van der Waals surface area contributed by atoms with E-state index in [4.69, 9.17) is 4.74 Å². The van der Waals surface area contributed by atoms with Crippen LogP contribution in [-0.2, 0) is 4.74 Å². The molecule has 0 aliphatic carbocycles. The molecule has 0 saturated carbocycles. The second-order valence-corrected chi connectivity index (χ2v) is 2.87. The first-order valence-corrected chi connectivity index (χ1v) is 4.71. The smallest absolute Gasteiger partial charge is 0.341 e. The van der Waals surface area contributed by atoms with Crippen LogP contribution in [0.15, 0.2) is 36.4 Å². The summed E-state index contributed by atoms with van der Waals surface area (Å²) in [7, 11) is 1.35. The van der Waals surface area contributed by atoms with Gasteiger partial charge in [-0.25, -0.2) is 4.79 Å². The lowest BCUT2D eigenvalue weighted by Crippen LogP contribution is -2.05. The number of carbonyl (C=O) groups is 1. The van der Waals surface area contributed by atoms with Crippen molar-refractivity contribution in [1.29, 1.82) is 0 Å². The first-order valence-electron chi connectivity index (χ1n) is 4.71. The van der Waals surface area contributed by atoms with Gasteiger partial charge in [-0.2, -0.15) is 0 Å². The largest absolute Gasteiger partial charge is 0.489 e. The van der Waals surface area contributed by atoms with Crippen LogP contribution >= 0.6 is 0 Å². The van der Waals surface area contributed by atoms with Crippen molar-refractivity contribution in [2.75, 3.05) is 13.7 Å². The van der Waals surface area contributed by atoms with E-state index in [-0.39, 0.29) is 5.97 Å². The number of carbonyl (C=O) groups excluding carboxylic acids is 1. The summed E-state index contributed by atoms with van der Waals surface area (Å²) in [6, 6.07) is 7.01. The van der Waals surface area contributed by atoms with E-state index in [9.17, 15) is 4.79 Å². The molecule has 0 N–H and O–H groups in total. The molecule has 0 atom stereocenters. The zero-order valence-corrected chi connectivity index (χ0v) is 8.90. The lowest BCUT2D eigenvalue weighted by atomic mass is 10.2. The van der Waals surface area contributed by atoms with Crippen molar-refractivity contribution in [3.63, 3.8) is 0 Å². The van der Waals surface area contributed by atoms with Gasteiger partial charge in [-0.1, -0.05) is 24.3 Å². The highest BCUT2D eigenvalue weighted by atomic mass is 16.5. The zero-order chi connectivity index (χ0) is 11.1. The number of hydrogen-bond acceptors (Lipinski definition) is 3. The number of hydrogen-bond donors (Lipinski definition) is 0. The minimum Gasteiger partial charge on any atom is -0.489 e. The Kier molecular flexibility index (Phi) is 4.41. The van der Waals surface area contributed by atoms with Gasteiger partial charge in [-0.05, 0) is 19.1 Å². The minimum atomic E-state index is -0.383. The van der Waals surface area contributed by atoms with Gasteiger partial charge in [0.1, 0.15) is 17.9 Å². The van der Waals surface area contributed by atoms with E-state index in [1.807, 2.05) is 25.1 Å². The zero-order valence-electron chi connectivity index (χ0n) is 8.90. The summed E-state index contributed by atoms with van der Waals surface area (Å²) >= 11 is 0. The molecular formula is C12H14O3. The van der Waals surface area contributed by atoms with E-state index < -0.39 is 0 Å². The first-order chi connectivity index (χ1) is 7.29. The summed E-state index contributed by atoms with van der Waals surface area (Å²) in [6.07, 6.45) is 3.76. The molecule has 3 nitrogen and oxygen atoms in total. The molecule has 3 heteroatoms. The summed E-state index contributed by atoms with van der Waals surface area (Å²) in [4.78, 5) is 11.3. The van der Waals surface area contributed by atoms with Crippen molar-refractivity contribution in [1.82, 2.24) is 0 Å². The molecule has 0 aromatic heterocycles. The van der Waals surface area contributed by atoms with Gasteiger partial charge in [0.2, 0.25) is 0 Å². The van der Waals surface area contributed by atoms with Crippen LogP contribution in [0.1, 0.15) is 17.3 Å². The molecule has 1 aromatic rings. The van der Waals surface area contributed by atoms with Crippen LogP contribution in [0, 0.1) is 0 Å². The van der Waals surface area contributed by atoms with Crippen LogP contribution < -0.4 is 4.74 Å². The Labute approximate surface area is 89.3 Å². The Balaban J connectivity index is 2.81. The molecule has 15 heavy (non-hydrogen) atoms. The van der Waals surface area contributed by atoms with Crippen molar-refractivity contribution in [2.45, 2.75) is 6.92 Å². The fourth-order valence-electron chi connectivity index (χ4n) is 1.11. The summed E-state index contributed by atoms with van der Waals surface area (Å²) < 4.78 is 10.1. The number of allylic oxidation sites excluding steroid dienone is 1. The molecular weight excluding hydrogens is 192 g/mol. The molecule has 0 saturated heterocycles. The van der Waals surface area contributed by atoms with Crippen LogP contribution in [-0.4, -0.2) is 19.7 Å². The van der Waals surface area contributed by atoms with Gasteiger partial charge in [0, 0.05) is 0 Å². The Morgan fingerprint density at radius 3 is 2.80 bits per heavy atom. The van der Waals surface area contributed by atoms with Crippen molar-refractivity contribution in [3.05, 3.63) is 42.0 Å². The van der Waals surface area contributed by atoms with Crippen molar-refractivity contribution < 1.29 is 14.3 Å². The second kappa shape index (κ2) is 5.86. The summed E-state index contributed by atoms with van der Waals surface area (Å²) in [6.45, 7) is 2.36. The minimum absolute atomic E-state index is 0.383. The van der Waals surface area contributed by atoms with E-state index in [0.29, 0.717) is 17.9 Å². The Morgan fingerprint density at radius 1 is 1.40 bits per heavy atom. The van der Waals surface area contributed by atoms with E-state index in [2.05, 4.69) is 4.74 Å². The van der Waals surface area contributed by atoms with E-state index >= 15 is 0 Å². The predicted octanol–water partition coefficient (Wildman–Crippen LogP) is 2.43. The van der Waals surface area contributed by atoms with Crippen molar-refractivity contribution >= 4 is 5.97 Å². The molecule has 0 heterocycles. The van der Waals surface area contributed by atoms with Crippen molar-refractivity contribution in [2.24, 2.45) is 0 Å². The molecule has 0 bridgehead atoms. The average molecular weight is 206 g/mol. The molecule has 1 rings (SSSR count). The Morgan fingerprint density at radius 2 is 2.13 bits per heavy atom. The topological polar surface area (TPSA) is 35.5 Å². The Bertz CT molecular complexity index is 356. The monoisotopic (exact) mass is 206 g/mol. The van der Waals surface area contributed by atoms with Crippen molar-refractivity contribution in [3.8, 4) is 5.75 Å². The molecule has 0 fully saturated rings. The molecule has 0 aliphatic heterocycles. The fourth-order valence-corrected chi connectivity index (χ4v) is 1.11. The Hall–Kier alpha value is -1.77. The van der Waals surface area contributed by atoms with Crippen LogP contribution in [0.25, 0.3) is 0 Å². The maximum Gasteiger partial charge on any atom is 0.341 e. The third-order valence-electron chi connectivity index (χ3n) is 1.86. The molecule has 0 radical (unpaired) electrons. The maximum atomic E-state index is 11.3. The standard InChI is InChI=1S/C12H14O3/c1-3-4-9-15-11-8-6-5-7-10(11)12(13)14-2/h3-8H,9H2,1-2H3/b4-3-. The van der Waals surface area contributed by atoms with Gasteiger partial charge in [-0.3, -0.25) is 0 Å². The van der Waals surface area contributed by atoms with E-state index in [1.165, 1.54) is 7.11 Å². The second-order valence-electron chi connectivity index (χ2n) is 2.87. The third kappa shape index (κ3) is 3.13. The van der Waals surface area contributed by atoms with Gasteiger partial charge < -0.3 is 9.47 Å². The van der Waals surface area contributed by atoms with Gasteiger partial charge >= 0.3 is 5.97 Å². The number of rotatable bonds is 4. The molecule has 0 amide bonds. The van der Waals surface area contributed by atoms with Gasteiger partial charge in [0.15, 0.2) is 0 Å². The SMILES string of the molecule is C/C=C\COc1ccccc1C(=O)OC. The van der Waals surface area contributed by atoms with Crippen LogP contribution in [0.4, 0.5) is 0 Å². The van der Waals surface area contributed by atoms with Crippen LogP contribution in [0.5, 0.6) is 5.75 Å². The van der Waals surface area contributed by atoms with Gasteiger partial charge in [0.25, 0.3) is 0 Å². The molecule has 0 spiro atoms. The summed E-state index contributed by atoms with van der Waals surface area (Å²) in [5.74, 6) is 0.161. The lowest BCUT2D eigenvalue weighted by Gasteiger charge is -2.07. The van der Waals surface area contributed by atoms with Crippen LogP contribution in [0.2, 0.25) is 0 Å². The highest BCUT2D eigenvalue weighted by Gasteiger charge is 2.11. The number of methoxy groups -OCH3 is 1. The van der Waals surface area contributed by atoms with Crippen LogP contribution in [0.3, 0.4) is 0 Å².